The van der Waals surface area contributed by atoms with E-state index < -0.39 is 40.7 Å². The van der Waals surface area contributed by atoms with Crippen LogP contribution in [0, 0.1) is 0 Å². The SMILES string of the molecule is CC1(C)OC[C@H]2OC(=O)[C@H](O[Si](C)(C)C)[C@@H](O[Si](C)(C)C)[C@@H]2O1. The summed E-state index contributed by atoms with van der Waals surface area (Å²) in [6, 6.07) is 0. The third kappa shape index (κ3) is 5.11. The molecule has 2 fully saturated rings. The molecule has 0 saturated carbocycles. The van der Waals surface area contributed by atoms with Gasteiger partial charge in [0.2, 0.25) is 0 Å². The molecule has 6 nitrogen and oxygen atoms in total. The summed E-state index contributed by atoms with van der Waals surface area (Å²) in [5, 5.41) is 0. The number of carbonyl (C=O) groups excluding carboxylic acids is 1. The Morgan fingerprint density at radius 1 is 1.04 bits per heavy atom. The first-order valence-corrected chi connectivity index (χ1v) is 15.0. The quantitative estimate of drug-likeness (QED) is 0.566. The van der Waals surface area contributed by atoms with Crippen molar-refractivity contribution in [3.63, 3.8) is 0 Å². The Hall–Kier alpha value is -0.256. The second-order valence-electron chi connectivity index (χ2n) is 8.61. The van der Waals surface area contributed by atoms with Gasteiger partial charge in [-0.25, -0.2) is 4.79 Å². The van der Waals surface area contributed by atoms with Crippen LogP contribution in [-0.2, 0) is 27.9 Å². The van der Waals surface area contributed by atoms with Gasteiger partial charge in [0, 0.05) is 0 Å². The monoisotopic (exact) mass is 362 g/mol. The molecule has 0 aromatic carbocycles. The topological polar surface area (TPSA) is 63.2 Å². The normalized spacial score (nSPS) is 34.7. The van der Waals surface area contributed by atoms with Crippen LogP contribution in [0.4, 0.5) is 0 Å². The number of ether oxygens (including phenoxy) is 3. The third-order valence-electron chi connectivity index (χ3n) is 3.47. The lowest BCUT2D eigenvalue weighted by Crippen LogP contribution is -2.66. The summed E-state index contributed by atoms with van der Waals surface area (Å²) in [7, 11) is -3.86. The van der Waals surface area contributed by atoms with Gasteiger partial charge >= 0.3 is 5.97 Å². The van der Waals surface area contributed by atoms with E-state index in [1.807, 2.05) is 33.5 Å². The van der Waals surface area contributed by atoms with Gasteiger partial charge in [0.05, 0.1) is 6.61 Å². The van der Waals surface area contributed by atoms with E-state index in [0.717, 1.165) is 0 Å². The molecule has 8 heteroatoms. The molecule has 2 heterocycles. The van der Waals surface area contributed by atoms with Crippen LogP contribution in [0.25, 0.3) is 0 Å². The maximum absolute atomic E-state index is 12.5. The Morgan fingerprint density at radius 2 is 1.61 bits per heavy atom. The Bertz CT molecular complexity index is 454. The first kappa shape index (κ1) is 19.1. The minimum absolute atomic E-state index is 0.314. The summed E-state index contributed by atoms with van der Waals surface area (Å²) in [6.45, 7) is 16.5. The molecular weight excluding hydrogens is 332 g/mol. The van der Waals surface area contributed by atoms with Crippen LogP contribution in [0.5, 0.6) is 0 Å². The molecule has 0 unspecified atom stereocenters. The van der Waals surface area contributed by atoms with Crippen molar-refractivity contribution in [1.29, 1.82) is 0 Å². The molecular formula is C15H30O6Si2. The van der Waals surface area contributed by atoms with E-state index >= 15 is 0 Å². The van der Waals surface area contributed by atoms with Gasteiger partial charge in [-0.05, 0) is 53.1 Å². The highest BCUT2D eigenvalue weighted by molar-refractivity contribution is 6.70. The van der Waals surface area contributed by atoms with Gasteiger partial charge in [-0.2, -0.15) is 0 Å². The smallest absolute Gasteiger partial charge is 0.337 e. The number of carbonyl (C=O) groups is 1. The average Bonchev–Trinajstić information content (AvgIpc) is 2.31. The zero-order valence-corrected chi connectivity index (χ0v) is 17.5. The van der Waals surface area contributed by atoms with Crippen LogP contribution in [0.15, 0.2) is 0 Å². The van der Waals surface area contributed by atoms with Crippen LogP contribution < -0.4 is 0 Å². The Labute approximate surface area is 141 Å². The van der Waals surface area contributed by atoms with Gasteiger partial charge < -0.3 is 23.1 Å². The number of hydrogen-bond acceptors (Lipinski definition) is 6. The van der Waals surface area contributed by atoms with E-state index in [9.17, 15) is 4.79 Å². The van der Waals surface area contributed by atoms with Gasteiger partial charge in [-0.15, -0.1) is 0 Å². The van der Waals surface area contributed by atoms with Crippen LogP contribution >= 0.6 is 0 Å². The van der Waals surface area contributed by atoms with E-state index in [0.29, 0.717) is 6.61 Å². The molecule has 0 radical (unpaired) electrons. The molecule has 2 aliphatic rings. The van der Waals surface area contributed by atoms with Gasteiger partial charge in [0.15, 0.2) is 34.6 Å². The Morgan fingerprint density at radius 3 is 2.13 bits per heavy atom. The summed E-state index contributed by atoms with van der Waals surface area (Å²) < 4.78 is 29.6. The standard InChI is InChI=1S/C15H30O6Si2/c1-15(2)17-9-10-11(19-15)12(20-22(3,4)5)13(14(16)18-10)21-23(6,7)8/h10-13H,9H2,1-8H3/t10-,11-,12+,13-/m1/s1. The third-order valence-corrected chi connectivity index (χ3v) is 5.41. The van der Waals surface area contributed by atoms with Crippen LogP contribution in [0.3, 0.4) is 0 Å². The fourth-order valence-corrected chi connectivity index (χ4v) is 4.82. The fourth-order valence-electron chi connectivity index (χ4n) is 2.75. The van der Waals surface area contributed by atoms with Gasteiger partial charge in [-0.3, -0.25) is 0 Å². The summed E-state index contributed by atoms with van der Waals surface area (Å²) in [4.78, 5) is 12.5. The largest absolute Gasteiger partial charge is 0.455 e. The molecule has 4 atom stereocenters. The maximum Gasteiger partial charge on any atom is 0.337 e. The molecule has 134 valence electrons. The number of rotatable bonds is 4. The van der Waals surface area contributed by atoms with Crippen molar-refractivity contribution >= 4 is 22.6 Å². The Kier molecular flexibility index (Phi) is 5.17. The van der Waals surface area contributed by atoms with Crippen molar-refractivity contribution in [2.75, 3.05) is 6.61 Å². The lowest BCUT2D eigenvalue weighted by molar-refractivity contribution is -0.333. The van der Waals surface area contributed by atoms with Crippen LogP contribution in [-0.4, -0.2) is 59.4 Å². The number of esters is 1. The van der Waals surface area contributed by atoms with Crippen molar-refractivity contribution in [2.24, 2.45) is 0 Å². The zero-order chi connectivity index (χ0) is 17.6. The minimum Gasteiger partial charge on any atom is -0.455 e. The number of hydrogen-bond donors (Lipinski definition) is 0. The van der Waals surface area contributed by atoms with Crippen LogP contribution in [0.1, 0.15) is 13.8 Å². The summed E-state index contributed by atoms with van der Waals surface area (Å²) in [5.41, 5.74) is 0. The number of fused-ring (bicyclic) bond motifs is 1. The summed E-state index contributed by atoms with van der Waals surface area (Å²) in [6.07, 6.45) is -2.01. The maximum atomic E-state index is 12.5. The zero-order valence-electron chi connectivity index (χ0n) is 15.5. The van der Waals surface area contributed by atoms with Gasteiger partial charge in [0.25, 0.3) is 0 Å². The molecule has 0 N–H and O–H groups in total. The second-order valence-corrected chi connectivity index (χ2v) is 17.5. The van der Waals surface area contributed by atoms with Crippen molar-refractivity contribution in [1.82, 2.24) is 0 Å². The first-order chi connectivity index (χ1) is 10.3. The molecule has 0 amide bonds. The Balaban J connectivity index is 2.31. The van der Waals surface area contributed by atoms with Gasteiger partial charge in [-0.1, -0.05) is 0 Å². The van der Waals surface area contributed by atoms with E-state index in [-0.39, 0.29) is 12.1 Å². The summed E-state index contributed by atoms with van der Waals surface area (Å²) in [5.74, 6) is -1.10. The molecule has 0 aromatic heterocycles. The van der Waals surface area contributed by atoms with E-state index in [1.54, 1.807) is 0 Å². The highest BCUT2D eigenvalue weighted by Gasteiger charge is 2.54. The molecule has 0 aromatic rings. The predicted molar refractivity (Wildman–Crippen MR) is 91.2 cm³/mol. The molecule has 0 bridgehead atoms. The second kappa shape index (κ2) is 6.23. The lowest BCUT2D eigenvalue weighted by atomic mass is 9.98. The molecule has 2 rings (SSSR count). The van der Waals surface area contributed by atoms with Crippen molar-refractivity contribution < 1.29 is 27.9 Å². The average molecular weight is 363 g/mol. The van der Waals surface area contributed by atoms with Crippen molar-refractivity contribution in [3.8, 4) is 0 Å². The fraction of sp³-hybridized carbons (Fsp3) is 0.933. The minimum atomic E-state index is -1.95. The first-order valence-electron chi connectivity index (χ1n) is 8.15. The molecule has 2 saturated heterocycles. The molecule has 23 heavy (non-hydrogen) atoms. The predicted octanol–water partition coefficient (Wildman–Crippen LogP) is 2.50. The highest BCUT2D eigenvalue weighted by Crippen LogP contribution is 2.35. The highest BCUT2D eigenvalue weighted by atomic mass is 28.4. The van der Waals surface area contributed by atoms with Crippen LogP contribution in [0.2, 0.25) is 39.3 Å². The van der Waals surface area contributed by atoms with Gasteiger partial charge in [0.1, 0.15) is 12.2 Å². The van der Waals surface area contributed by atoms with Crippen molar-refractivity contribution in [3.05, 3.63) is 0 Å². The lowest BCUT2D eigenvalue weighted by Gasteiger charge is -2.49. The van der Waals surface area contributed by atoms with Crippen molar-refractivity contribution in [2.45, 2.75) is 83.3 Å². The molecule has 0 spiro atoms. The van der Waals surface area contributed by atoms with E-state index in [4.69, 9.17) is 23.1 Å². The summed E-state index contributed by atoms with van der Waals surface area (Å²) >= 11 is 0. The molecule has 2 aliphatic heterocycles. The van der Waals surface area contributed by atoms with E-state index in [2.05, 4.69) is 19.6 Å². The van der Waals surface area contributed by atoms with E-state index in [1.165, 1.54) is 0 Å². The molecule has 0 aliphatic carbocycles.